The van der Waals surface area contributed by atoms with Crippen molar-refractivity contribution >= 4 is 0 Å². The molecule has 0 saturated heterocycles. The molecule has 1 heterocycles. The minimum atomic E-state index is -1.20. The normalized spacial score (nSPS) is 30.9. The Morgan fingerprint density at radius 3 is 2.75 bits per heavy atom. The highest BCUT2D eigenvalue weighted by atomic mass is 16.6. The highest BCUT2D eigenvalue weighted by Gasteiger charge is 2.38. The van der Waals surface area contributed by atoms with Crippen molar-refractivity contribution in [1.82, 2.24) is 15.0 Å². The maximum Gasteiger partial charge on any atom is 0.160 e. The fraction of sp³-hybridized carbons (Fsp3) is 0.800. The van der Waals surface area contributed by atoms with Crippen molar-refractivity contribution in [1.29, 1.82) is 0 Å². The first-order valence-corrected chi connectivity index (χ1v) is 5.40. The van der Waals surface area contributed by atoms with Gasteiger partial charge in [0.1, 0.15) is 0 Å². The van der Waals surface area contributed by atoms with Crippen molar-refractivity contribution < 1.29 is 14.9 Å². The third-order valence-electron chi connectivity index (χ3n) is 2.67. The molecular weight excluding hydrogens is 210 g/mol. The van der Waals surface area contributed by atoms with Gasteiger partial charge in [-0.1, -0.05) is 5.21 Å². The summed E-state index contributed by atoms with van der Waals surface area (Å²) in [7, 11) is 0. The Hall–Kier alpha value is -0.980. The van der Waals surface area contributed by atoms with Crippen molar-refractivity contribution in [3.05, 3.63) is 12.4 Å². The second-order valence-electron chi connectivity index (χ2n) is 4.68. The lowest BCUT2D eigenvalue weighted by molar-refractivity contribution is -0.212. The number of aliphatic hydroxyl groups excluding tert-OH is 1. The van der Waals surface area contributed by atoms with Crippen LogP contribution in [0.15, 0.2) is 12.4 Å². The van der Waals surface area contributed by atoms with Gasteiger partial charge in [-0.2, -0.15) is 0 Å². The van der Waals surface area contributed by atoms with Crippen LogP contribution in [0.3, 0.4) is 0 Å². The summed E-state index contributed by atoms with van der Waals surface area (Å²) in [6, 6.07) is -0.0658. The van der Waals surface area contributed by atoms with Gasteiger partial charge in [0.05, 0.1) is 24.4 Å². The molecule has 90 valence electrons. The van der Waals surface area contributed by atoms with Gasteiger partial charge in [0, 0.05) is 12.6 Å². The number of rotatable bonds is 3. The lowest BCUT2D eigenvalue weighted by Crippen LogP contribution is -2.33. The standard InChI is InChI=1S/C10H17N3O3/c1-10(2,15)16-9-6-7(14)5-8(9)13-4-3-11-12-13/h3-4,7-9,14-15H,5-6H2,1-2H3. The summed E-state index contributed by atoms with van der Waals surface area (Å²) < 4.78 is 7.19. The molecule has 1 aromatic rings. The fourth-order valence-corrected chi connectivity index (χ4v) is 2.12. The fourth-order valence-electron chi connectivity index (χ4n) is 2.12. The van der Waals surface area contributed by atoms with E-state index in [0.717, 1.165) is 0 Å². The molecule has 6 heteroatoms. The quantitative estimate of drug-likeness (QED) is 0.715. The Labute approximate surface area is 93.8 Å². The summed E-state index contributed by atoms with van der Waals surface area (Å²) in [4.78, 5) is 0. The van der Waals surface area contributed by atoms with Gasteiger partial charge in [-0.3, -0.25) is 0 Å². The molecule has 0 amide bonds. The number of hydrogen-bond acceptors (Lipinski definition) is 5. The van der Waals surface area contributed by atoms with Gasteiger partial charge < -0.3 is 14.9 Å². The third kappa shape index (κ3) is 2.58. The van der Waals surface area contributed by atoms with Gasteiger partial charge >= 0.3 is 0 Å². The second-order valence-corrected chi connectivity index (χ2v) is 4.68. The van der Waals surface area contributed by atoms with Crippen molar-refractivity contribution in [2.45, 2.75) is 50.7 Å². The van der Waals surface area contributed by atoms with Crippen LogP contribution in [-0.2, 0) is 4.74 Å². The molecule has 0 aromatic carbocycles. The van der Waals surface area contributed by atoms with E-state index in [1.807, 2.05) is 0 Å². The van der Waals surface area contributed by atoms with Crippen LogP contribution in [0.2, 0.25) is 0 Å². The molecule has 0 spiro atoms. The number of aromatic nitrogens is 3. The molecule has 1 aromatic heterocycles. The first-order chi connectivity index (χ1) is 7.46. The molecule has 0 radical (unpaired) electrons. The van der Waals surface area contributed by atoms with Crippen molar-refractivity contribution in [3.8, 4) is 0 Å². The Kier molecular flexibility index (Phi) is 2.96. The van der Waals surface area contributed by atoms with Crippen LogP contribution in [0.1, 0.15) is 32.7 Å². The van der Waals surface area contributed by atoms with Crippen LogP contribution in [0.25, 0.3) is 0 Å². The predicted molar refractivity (Wildman–Crippen MR) is 55.5 cm³/mol. The molecule has 1 saturated carbocycles. The number of aliphatic hydroxyl groups is 2. The van der Waals surface area contributed by atoms with Crippen molar-refractivity contribution in [3.63, 3.8) is 0 Å². The Morgan fingerprint density at radius 2 is 2.19 bits per heavy atom. The number of nitrogens with zero attached hydrogens (tertiary/aromatic N) is 3. The minimum absolute atomic E-state index is 0.0658. The molecule has 0 bridgehead atoms. The van der Waals surface area contributed by atoms with Crippen LogP contribution in [0.5, 0.6) is 0 Å². The van der Waals surface area contributed by atoms with Crippen molar-refractivity contribution in [2.75, 3.05) is 0 Å². The maximum atomic E-state index is 9.64. The lowest BCUT2D eigenvalue weighted by Gasteiger charge is -2.27. The zero-order valence-electron chi connectivity index (χ0n) is 9.45. The van der Waals surface area contributed by atoms with E-state index in [1.165, 1.54) is 0 Å². The van der Waals surface area contributed by atoms with Gasteiger partial charge in [-0.05, 0) is 20.3 Å². The van der Waals surface area contributed by atoms with E-state index in [9.17, 15) is 10.2 Å². The van der Waals surface area contributed by atoms with E-state index in [2.05, 4.69) is 10.3 Å². The number of hydrogen-bond donors (Lipinski definition) is 2. The first kappa shape index (κ1) is 11.5. The molecule has 16 heavy (non-hydrogen) atoms. The van der Waals surface area contributed by atoms with Crippen LogP contribution >= 0.6 is 0 Å². The van der Waals surface area contributed by atoms with Gasteiger partial charge in [-0.25, -0.2) is 4.68 Å². The molecule has 1 aliphatic rings. The van der Waals surface area contributed by atoms with Crippen LogP contribution in [0, 0.1) is 0 Å². The Bertz CT molecular complexity index is 334. The zero-order valence-corrected chi connectivity index (χ0v) is 9.45. The molecule has 3 unspecified atom stereocenters. The topological polar surface area (TPSA) is 80.4 Å². The van der Waals surface area contributed by atoms with E-state index >= 15 is 0 Å². The highest BCUT2D eigenvalue weighted by molar-refractivity contribution is 4.89. The predicted octanol–water partition coefficient (Wildman–Crippen LogP) is 0.0875. The summed E-state index contributed by atoms with van der Waals surface area (Å²) in [5.74, 6) is -1.20. The smallest absolute Gasteiger partial charge is 0.160 e. The molecule has 2 rings (SSSR count). The van der Waals surface area contributed by atoms with E-state index < -0.39 is 11.9 Å². The number of ether oxygens (including phenoxy) is 1. The maximum absolute atomic E-state index is 9.64. The van der Waals surface area contributed by atoms with Gasteiger partial charge in [0.15, 0.2) is 5.79 Å². The molecule has 2 N–H and O–H groups in total. The molecule has 6 nitrogen and oxygen atoms in total. The molecule has 0 aliphatic heterocycles. The Balaban J connectivity index is 2.11. The monoisotopic (exact) mass is 227 g/mol. The van der Waals surface area contributed by atoms with Gasteiger partial charge in [0.2, 0.25) is 0 Å². The second kappa shape index (κ2) is 4.12. The highest BCUT2D eigenvalue weighted by Crippen LogP contribution is 2.34. The largest absolute Gasteiger partial charge is 0.393 e. The van der Waals surface area contributed by atoms with Gasteiger partial charge in [-0.15, -0.1) is 5.10 Å². The third-order valence-corrected chi connectivity index (χ3v) is 2.67. The lowest BCUT2D eigenvalue weighted by atomic mass is 10.2. The molecular formula is C10H17N3O3. The summed E-state index contributed by atoms with van der Waals surface area (Å²) in [6.07, 6.45) is 3.76. The van der Waals surface area contributed by atoms with Crippen LogP contribution in [0.4, 0.5) is 0 Å². The summed E-state index contributed by atoms with van der Waals surface area (Å²) in [5, 5.41) is 26.9. The van der Waals surface area contributed by atoms with Crippen molar-refractivity contribution in [2.24, 2.45) is 0 Å². The zero-order chi connectivity index (χ0) is 11.8. The van der Waals surface area contributed by atoms with Crippen LogP contribution in [-0.4, -0.2) is 43.2 Å². The molecule has 1 fully saturated rings. The van der Waals surface area contributed by atoms with Gasteiger partial charge in [0.25, 0.3) is 0 Å². The average molecular weight is 227 g/mol. The van der Waals surface area contributed by atoms with E-state index in [1.54, 1.807) is 30.9 Å². The molecule has 3 atom stereocenters. The average Bonchev–Trinajstić information content (AvgIpc) is 2.71. The van der Waals surface area contributed by atoms with Crippen LogP contribution < -0.4 is 0 Å². The first-order valence-electron chi connectivity index (χ1n) is 5.40. The van der Waals surface area contributed by atoms with E-state index in [0.29, 0.717) is 12.8 Å². The summed E-state index contributed by atoms with van der Waals surface area (Å²) in [5.41, 5.74) is 0. The summed E-state index contributed by atoms with van der Waals surface area (Å²) >= 11 is 0. The Morgan fingerprint density at radius 1 is 1.44 bits per heavy atom. The SMILES string of the molecule is CC(C)(O)OC1CC(O)CC1n1ccnn1. The summed E-state index contributed by atoms with van der Waals surface area (Å²) in [6.45, 7) is 3.16. The van der Waals surface area contributed by atoms with E-state index in [4.69, 9.17) is 4.74 Å². The van der Waals surface area contributed by atoms with E-state index in [-0.39, 0.29) is 12.1 Å². The minimum Gasteiger partial charge on any atom is -0.393 e. The molecule has 1 aliphatic carbocycles.